The van der Waals surface area contributed by atoms with Gasteiger partial charge in [0, 0.05) is 16.0 Å². The predicted octanol–water partition coefficient (Wildman–Crippen LogP) is 4.26. The van der Waals surface area contributed by atoms with Crippen molar-refractivity contribution < 1.29 is 18.7 Å². The number of carbonyl (C=O) groups excluding carboxylic acids is 2. The highest BCUT2D eigenvalue weighted by Crippen LogP contribution is 2.68. The summed E-state index contributed by atoms with van der Waals surface area (Å²) in [5, 5.41) is 0.963. The number of hydrogen-bond acceptors (Lipinski definition) is 6. The van der Waals surface area contributed by atoms with E-state index in [4.69, 9.17) is 4.74 Å². The summed E-state index contributed by atoms with van der Waals surface area (Å²) in [6, 6.07) is 13.5. The van der Waals surface area contributed by atoms with Gasteiger partial charge in [0.25, 0.3) is 0 Å². The predicted molar refractivity (Wildman–Crippen MR) is 130 cm³/mol. The summed E-state index contributed by atoms with van der Waals surface area (Å²) in [7, 11) is 1.58. The van der Waals surface area contributed by atoms with Crippen LogP contribution in [0.4, 0.5) is 10.1 Å². The Bertz CT molecular complexity index is 1420. The molecular formula is C26H21FN2O4S2. The number of carbonyl (C=O) groups is 2. The monoisotopic (exact) mass is 508 g/mol. The lowest BCUT2D eigenvalue weighted by atomic mass is 9.68. The number of hydrogen-bond donors (Lipinski definition) is 1. The lowest BCUT2D eigenvalue weighted by Crippen LogP contribution is -2.42. The Hall–Kier alpha value is -2.91. The Morgan fingerprint density at radius 3 is 2.34 bits per heavy atom. The number of aromatic amines is 1. The van der Waals surface area contributed by atoms with Crippen LogP contribution in [0, 0.1) is 35.4 Å². The molecule has 1 aromatic heterocycles. The van der Waals surface area contributed by atoms with Gasteiger partial charge in [-0.05, 0) is 66.1 Å². The number of halogens is 1. The van der Waals surface area contributed by atoms with Crippen LogP contribution in [0.25, 0.3) is 0 Å². The molecule has 2 aromatic carbocycles. The average molecular weight is 509 g/mol. The molecule has 2 saturated carbocycles. The summed E-state index contributed by atoms with van der Waals surface area (Å²) in [6.07, 6.45) is 0.822. The van der Waals surface area contributed by atoms with Gasteiger partial charge in [0.15, 0.2) is 0 Å². The van der Waals surface area contributed by atoms with Gasteiger partial charge >= 0.3 is 4.87 Å². The van der Waals surface area contributed by atoms with E-state index in [0.717, 1.165) is 21.9 Å². The molecule has 9 heteroatoms. The summed E-state index contributed by atoms with van der Waals surface area (Å²) in [5.41, 5.74) is 1.52. The number of fused-ring (bicyclic) bond motifs is 9. The van der Waals surface area contributed by atoms with E-state index in [9.17, 15) is 18.8 Å². The summed E-state index contributed by atoms with van der Waals surface area (Å²) < 4.78 is 19.0. The normalized spacial score (nSPS) is 32.5. The third kappa shape index (κ3) is 2.91. The van der Waals surface area contributed by atoms with Crippen LogP contribution in [0.5, 0.6) is 5.75 Å². The topological polar surface area (TPSA) is 79.5 Å². The minimum Gasteiger partial charge on any atom is -0.497 e. The maximum Gasteiger partial charge on any atom is 0.305 e. The van der Waals surface area contributed by atoms with Crippen LogP contribution < -0.4 is 14.5 Å². The van der Waals surface area contributed by atoms with Crippen LogP contribution in [-0.2, 0) is 9.59 Å². The number of thioether (sulfide) groups is 1. The highest BCUT2D eigenvalue weighted by molar-refractivity contribution is 8.00. The van der Waals surface area contributed by atoms with Gasteiger partial charge in [-0.15, -0.1) is 11.8 Å². The molecule has 3 fully saturated rings. The van der Waals surface area contributed by atoms with Crippen LogP contribution >= 0.6 is 23.1 Å². The molecule has 0 radical (unpaired) electrons. The van der Waals surface area contributed by atoms with Gasteiger partial charge in [0.05, 0.1) is 29.7 Å². The van der Waals surface area contributed by atoms with Crippen molar-refractivity contribution in [3.05, 3.63) is 74.5 Å². The Morgan fingerprint density at radius 1 is 0.971 bits per heavy atom. The molecule has 5 unspecified atom stereocenters. The number of aromatic nitrogens is 1. The molecule has 7 rings (SSSR count). The van der Waals surface area contributed by atoms with Gasteiger partial charge in [0.1, 0.15) is 11.6 Å². The quantitative estimate of drug-likeness (QED) is 0.535. The van der Waals surface area contributed by atoms with Crippen LogP contribution in [0.2, 0.25) is 0 Å². The van der Waals surface area contributed by atoms with E-state index in [1.807, 2.05) is 0 Å². The van der Waals surface area contributed by atoms with Crippen molar-refractivity contribution in [1.29, 1.82) is 0 Å². The SMILES string of the molecule is COc1ccc(N2C(=O)C3C(C2=O)[C@@H]2C[C@H]3C3Sc4[nH]c(=O)sc4C(c4ccc(F)cc4)C32)cc1. The standard InChI is InChI=1S/C26H21FN2O4S2/c1-33-14-8-6-13(7-9-14)29-24(30)19-15-10-16(20(19)25(29)31)21-18(15)17(11-2-4-12(27)5-3-11)22-23(34-21)28-26(32)35-22/h2-9,15-21H,10H2,1H3,(H,28,32)/t15-,16-,17?,18?,19?,20?,21?/m1/s1. The van der Waals surface area contributed by atoms with Crippen molar-refractivity contribution in [2.45, 2.75) is 22.6 Å². The maximum absolute atomic E-state index is 13.7. The van der Waals surface area contributed by atoms with Gasteiger partial charge < -0.3 is 9.72 Å². The summed E-state index contributed by atoms with van der Waals surface area (Å²) >= 11 is 2.85. The molecule has 3 aromatic rings. The molecule has 2 bridgehead atoms. The van der Waals surface area contributed by atoms with E-state index < -0.39 is 0 Å². The van der Waals surface area contributed by atoms with Crippen molar-refractivity contribution in [1.82, 2.24) is 4.98 Å². The number of imide groups is 1. The first kappa shape index (κ1) is 21.4. The second kappa shape index (κ2) is 7.54. The van der Waals surface area contributed by atoms with Crippen molar-refractivity contribution in [2.75, 3.05) is 12.0 Å². The number of amides is 2. The van der Waals surface area contributed by atoms with Gasteiger partial charge in [-0.1, -0.05) is 23.5 Å². The first-order valence-corrected chi connectivity index (χ1v) is 13.3. The van der Waals surface area contributed by atoms with E-state index >= 15 is 0 Å². The highest BCUT2D eigenvalue weighted by atomic mass is 32.2. The Balaban J connectivity index is 1.30. The van der Waals surface area contributed by atoms with Gasteiger partial charge in [-0.25, -0.2) is 4.39 Å². The zero-order chi connectivity index (χ0) is 24.0. The lowest BCUT2D eigenvalue weighted by Gasteiger charge is -2.43. The van der Waals surface area contributed by atoms with Gasteiger partial charge in [-0.3, -0.25) is 19.3 Å². The number of anilines is 1. The van der Waals surface area contributed by atoms with Crippen LogP contribution in [-0.4, -0.2) is 29.2 Å². The van der Waals surface area contributed by atoms with Crippen molar-refractivity contribution in [3.8, 4) is 5.75 Å². The number of thiazole rings is 1. The molecule has 1 N–H and O–H groups in total. The summed E-state index contributed by atoms with van der Waals surface area (Å²) in [6.45, 7) is 0. The minimum absolute atomic E-state index is 0.0302. The van der Waals surface area contributed by atoms with Crippen molar-refractivity contribution in [3.63, 3.8) is 0 Å². The fourth-order valence-electron chi connectivity index (χ4n) is 7.05. The van der Waals surface area contributed by atoms with Gasteiger partial charge in [-0.2, -0.15) is 0 Å². The molecule has 1 saturated heterocycles. The van der Waals surface area contributed by atoms with Crippen LogP contribution in [0.1, 0.15) is 22.8 Å². The molecule has 178 valence electrons. The highest BCUT2D eigenvalue weighted by Gasteiger charge is 2.69. The molecule has 2 aliphatic carbocycles. The maximum atomic E-state index is 13.7. The first-order chi connectivity index (χ1) is 17.0. The summed E-state index contributed by atoms with van der Waals surface area (Å²) in [4.78, 5) is 44.8. The number of nitrogens with zero attached hydrogens (tertiary/aromatic N) is 1. The Kier molecular flexibility index (Phi) is 4.61. The number of nitrogens with one attached hydrogen (secondary N) is 1. The number of ether oxygens (including phenoxy) is 1. The number of methoxy groups -OCH3 is 1. The van der Waals surface area contributed by atoms with E-state index in [-0.39, 0.29) is 63.3 Å². The minimum atomic E-state index is -0.364. The third-order valence-electron chi connectivity index (χ3n) is 8.28. The van der Waals surface area contributed by atoms with Gasteiger partial charge in [0.2, 0.25) is 11.8 Å². The van der Waals surface area contributed by atoms with E-state index in [1.165, 1.54) is 28.4 Å². The molecule has 3 heterocycles. The molecule has 6 nitrogen and oxygen atoms in total. The number of H-pyrrole nitrogens is 1. The lowest BCUT2D eigenvalue weighted by molar-refractivity contribution is -0.123. The Labute approximate surface area is 208 Å². The molecule has 2 amide bonds. The number of benzene rings is 2. The van der Waals surface area contributed by atoms with E-state index in [0.29, 0.717) is 11.4 Å². The molecule has 35 heavy (non-hydrogen) atoms. The molecule has 0 spiro atoms. The number of rotatable bonds is 3. The molecule has 7 atom stereocenters. The Morgan fingerprint density at radius 2 is 1.66 bits per heavy atom. The first-order valence-electron chi connectivity index (χ1n) is 11.6. The zero-order valence-electron chi connectivity index (χ0n) is 18.6. The molecule has 2 aliphatic heterocycles. The average Bonchev–Trinajstić information content (AvgIpc) is 3.59. The second-order valence-corrected chi connectivity index (χ2v) is 11.9. The summed E-state index contributed by atoms with van der Waals surface area (Å²) in [5.74, 6) is -0.525. The third-order valence-corrected chi connectivity index (χ3v) is 10.9. The smallest absolute Gasteiger partial charge is 0.305 e. The van der Waals surface area contributed by atoms with Crippen LogP contribution in [0.3, 0.4) is 0 Å². The fourth-order valence-corrected chi connectivity index (χ4v) is 9.93. The second-order valence-electron chi connectivity index (χ2n) is 9.72. The van der Waals surface area contributed by atoms with E-state index in [1.54, 1.807) is 55.3 Å². The van der Waals surface area contributed by atoms with Crippen molar-refractivity contribution in [2.24, 2.45) is 29.6 Å². The fraction of sp³-hybridized carbons (Fsp3) is 0.346. The molecule has 4 aliphatic rings. The molecular weight excluding hydrogens is 487 g/mol. The largest absolute Gasteiger partial charge is 0.497 e. The van der Waals surface area contributed by atoms with Crippen molar-refractivity contribution >= 4 is 40.6 Å². The zero-order valence-corrected chi connectivity index (χ0v) is 20.3. The van der Waals surface area contributed by atoms with E-state index in [2.05, 4.69) is 4.98 Å². The van der Waals surface area contributed by atoms with Crippen LogP contribution in [0.15, 0.2) is 58.4 Å².